The minimum Gasteiger partial charge on any atom is -0.493 e. The average molecular weight is 534 g/mol. The number of alkyl halides is 1. The lowest BCUT2D eigenvalue weighted by Gasteiger charge is -2.31. The number of rotatable bonds is 8. The first-order chi connectivity index (χ1) is 18.9. The van der Waals surface area contributed by atoms with E-state index in [0.717, 1.165) is 92.1 Å². The number of fused-ring (bicyclic) bond motifs is 5. The van der Waals surface area contributed by atoms with Crippen LogP contribution in [0.3, 0.4) is 0 Å². The van der Waals surface area contributed by atoms with E-state index in [1.165, 1.54) is 18.4 Å². The Balaban J connectivity index is 1.53. The first-order valence-electron chi connectivity index (χ1n) is 14.6. The van der Waals surface area contributed by atoms with Crippen LogP contribution in [0.25, 0.3) is 22.2 Å². The maximum absolute atomic E-state index is 15.6. The zero-order chi connectivity index (χ0) is 27.1. The number of carboxylic acids is 1. The summed E-state index contributed by atoms with van der Waals surface area (Å²) in [5.74, 6) is 0.448. The molecule has 2 fully saturated rings. The second-order valence-corrected chi connectivity index (χ2v) is 12.0. The third-order valence-electron chi connectivity index (χ3n) is 8.81. The molecule has 208 valence electrons. The van der Waals surface area contributed by atoms with E-state index in [0.29, 0.717) is 12.3 Å². The number of halogens is 1. The number of carboxylic acid groups (broad SMARTS) is 1. The lowest BCUT2D eigenvalue weighted by molar-refractivity contribution is 0.0697. The molecular formula is C32H40FN3O3. The van der Waals surface area contributed by atoms with Gasteiger partial charge in [-0.3, -0.25) is 4.90 Å². The summed E-state index contributed by atoms with van der Waals surface area (Å²) in [6.07, 6.45) is 4.95. The van der Waals surface area contributed by atoms with Crippen LogP contribution in [-0.2, 0) is 13.1 Å². The molecule has 2 atom stereocenters. The van der Waals surface area contributed by atoms with Gasteiger partial charge in [0.15, 0.2) is 0 Å². The Bertz CT molecular complexity index is 1360. The number of nitrogens with zero attached hydrogens (tertiary/aromatic N) is 3. The molecule has 3 aromatic rings. The van der Waals surface area contributed by atoms with E-state index in [1.807, 2.05) is 6.07 Å². The summed E-state index contributed by atoms with van der Waals surface area (Å²) in [5, 5.41) is 10.8. The third kappa shape index (κ3) is 5.44. The van der Waals surface area contributed by atoms with Gasteiger partial charge in [-0.05, 0) is 87.2 Å². The van der Waals surface area contributed by atoms with Crippen molar-refractivity contribution < 1.29 is 19.0 Å². The minimum atomic E-state index is -0.939. The number of benzene rings is 2. The zero-order valence-corrected chi connectivity index (χ0v) is 23.2. The Morgan fingerprint density at radius 3 is 2.64 bits per heavy atom. The van der Waals surface area contributed by atoms with Crippen molar-refractivity contribution in [3.8, 4) is 17.0 Å². The van der Waals surface area contributed by atoms with E-state index in [4.69, 9.17) is 4.74 Å². The maximum Gasteiger partial charge on any atom is 0.335 e. The standard InChI is InChI=1S/C32H40FN3O3/c1-34(2)13-14-35-15-16-36-29-18-22(32(37)38)9-11-27(29)30(26-5-3-4-6-28(26)33)31(36)25-12-10-24(17-23(25)19-35)39-20-21-7-8-21/h9-12,17-18,21,26,28H,3-8,13-16,19-20H2,1-2H3,(H,37,38)/t26-,28-/m1/s1. The van der Waals surface area contributed by atoms with Gasteiger partial charge in [-0.1, -0.05) is 18.9 Å². The molecule has 2 heterocycles. The van der Waals surface area contributed by atoms with E-state index >= 15 is 4.39 Å². The number of hydrogen-bond donors (Lipinski definition) is 1. The quantitative estimate of drug-likeness (QED) is 0.375. The normalized spacial score (nSPS) is 21.8. The molecule has 0 spiro atoms. The first kappa shape index (κ1) is 26.3. The van der Waals surface area contributed by atoms with Gasteiger partial charge in [-0.2, -0.15) is 0 Å². The highest BCUT2D eigenvalue weighted by Gasteiger charge is 2.34. The van der Waals surface area contributed by atoms with Gasteiger partial charge in [0.05, 0.1) is 17.9 Å². The molecule has 6 nitrogen and oxygen atoms in total. The topological polar surface area (TPSA) is 57.9 Å². The van der Waals surface area contributed by atoms with Gasteiger partial charge in [0.2, 0.25) is 0 Å². The Morgan fingerprint density at radius 1 is 1.08 bits per heavy atom. The van der Waals surface area contributed by atoms with Crippen LogP contribution in [0.2, 0.25) is 0 Å². The molecule has 2 saturated carbocycles. The third-order valence-corrected chi connectivity index (χ3v) is 8.81. The molecule has 1 aromatic heterocycles. The summed E-state index contributed by atoms with van der Waals surface area (Å²) in [4.78, 5) is 16.6. The largest absolute Gasteiger partial charge is 0.493 e. The van der Waals surface area contributed by atoms with Crippen molar-refractivity contribution in [1.82, 2.24) is 14.4 Å². The Labute approximate surface area is 230 Å². The van der Waals surface area contributed by atoms with Gasteiger partial charge < -0.3 is 19.3 Å². The molecule has 0 amide bonds. The van der Waals surface area contributed by atoms with E-state index in [1.54, 1.807) is 12.1 Å². The Kier molecular flexibility index (Phi) is 7.38. The SMILES string of the molecule is CN(C)CCN1CCn2c(c([C@@H]3CCCC[C@H]3F)c3ccc(C(=O)O)cc32)-c2ccc(OCC3CC3)cc2C1. The molecule has 2 aliphatic carbocycles. The number of aromatic nitrogens is 1. The maximum atomic E-state index is 15.6. The molecular weight excluding hydrogens is 493 g/mol. The van der Waals surface area contributed by atoms with Crippen LogP contribution in [0.4, 0.5) is 4.39 Å². The van der Waals surface area contributed by atoms with E-state index in [-0.39, 0.29) is 11.5 Å². The molecule has 0 unspecified atom stereocenters. The van der Waals surface area contributed by atoms with Gasteiger partial charge in [0.25, 0.3) is 0 Å². The second-order valence-electron chi connectivity index (χ2n) is 12.0. The van der Waals surface area contributed by atoms with Gasteiger partial charge in [0.1, 0.15) is 11.9 Å². The number of likely N-dealkylation sites (N-methyl/N-ethyl adjacent to an activating group) is 1. The van der Waals surface area contributed by atoms with Crippen molar-refractivity contribution in [1.29, 1.82) is 0 Å². The van der Waals surface area contributed by atoms with E-state index in [9.17, 15) is 9.90 Å². The summed E-state index contributed by atoms with van der Waals surface area (Å²) in [6, 6.07) is 11.8. The van der Waals surface area contributed by atoms with Crippen molar-refractivity contribution in [3.63, 3.8) is 0 Å². The van der Waals surface area contributed by atoms with Crippen molar-refractivity contribution in [2.75, 3.05) is 40.3 Å². The molecule has 1 N–H and O–H groups in total. The highest BCUT2D eigenvalue weighted by Crippen LogP contribution is 2.47. The number of ether oxygens (including phenoxy) is 1. The fourth-order valence-corrected chi connectivity index (χ4v) is 6.43. The minimum absolute atomic E-state index is 0.184. The lowest BCUT2D eigenvalue weighted by Crippen LogP contribution is -2.35. The monoisotopic (exact) mass is 533 g/mol. The molecule has 39 heavy (non-hydrogen) atoms. The smallest absolute Gasteiger partial charge is 0.335 e. The molecule has 0 radical (unpaired) electrons. The molecule has 3 aliphatic rings. The molecule has 2 aromatic carbocycles. The van der Waals surface area contributed by atoms with Crippen LogP contribution in [0.1, 0.15) is 65.9 Å². The fraction of sp³-hybridized carbons (Fsp3) is 0.531. The first-order valence-corrected chi connectivity index (χ1v) is 14.6. The van der Waals surface area contributed by atoms with Crippen LogP contribution in [0, 0.1) is 5.92 Å². The van der Waals surface area contributed by atoms with E-state index in [2.05, 4.69) is 46.7 Å². The van der Waals surface area contributed by atoms with Gasteiger partial charge >= 0.3 is 5.97 Å². The van der Waals surface area contributed by atoms with Crippen molar-refractivity contribution in [2.45, 2.75) is 63.7 Å². The van der Waals surface area contributed by atoms with Crippen molar-refractivity contribution in [2.24, 2.45) is 5.92 Å². The summed E-state index contributed by atoms with van der Waals surface area (Å²) in [6.45, 7) is 5.00. The number of carbonyl (C=O) groups is 1. The van der Waals surface area contributed by atoms with Crippen LogP contribution in [-0.4, -0.2) is 72.0 Å². The summed E-state index contributed by atoms with van der Waals surface area (Å²) >= 11 is 0. The zero-order valence-electron chi connectivity index (χ0n) is 23.2. The van der Waals surface area contributed by atoms with Crippen LogP contribution in [0.5, 0.6) is 5.75 Å². The Hall–Kier alpha value is -2.90. The molecule has 0 saturated heterocycles. The number of hydrogen-bond acceptors (Lipinski definition) is 4. The van der Waals surface area contributed by atoms with Crippen LogP contribution >= 0.6 is 0 Å². The molecule has 7 heteroatoms. The molecule has 1 aliphatic heterocycles. The van der Waals surface area contributed by atoms with Gasteiger partial charge in [0, 0.05) is 55.1 Å². The fourth-order valence-electron chi connectivity index (χ4n) is 6.43. The van der Waals surface area contributed by atoms with Gasteiger partial charge in [-0.15, -0.1) is 0 Å². The van der Waals surface area contributed by atoms with Gasteiger partial charge in [-0.25, -0.2) is 9.18 Å². The van der Waals surface area contributed by atoms with Crippen molar-refractivity contribution >= 4 is 16.9 Å². The second kappa shape index (κ2) is 10.9. The van der Waals surface area contributed by atoms with Crippen LogP contribution < -0.4 is 4.74 Å². The number of aromatic carboxylic acids is 1. The average Bonchev–Trinajstić information content (AvgIpc) is 3.69. The summed E-state index contributed by atoms with van der Waals surface area (Å²) < 4.78 is 24.1. The predicted octanol–water partition coefficient (Wildman–Crippen LogP) is 6.17. The Morgan fingerprint density at radius 2 is 1.90 bits per heavy atom. The highest BCUT2D eigenvalue weighted by molar-refractivity contribution is 5.98. The van der Waals surface area contributed by atoms with Crippen molar-refractivity contribution in [3.05, 3.63) is 53.1 Å². The predicted molar refractivity (Wildman–Crippen MR) is 152 cm³/mol. The highest BCUT2D eigenvalue weighted by atomic mass is 19.1. The molecule has 0 bridgehead atoms. The summed E-state index contributed by atoms with van der Waals surface area (Å²) in [7, 11) is 4.19. The van der Waals surface area contributed by atoms with Crippen LogP contribution in [0.15, 0.2) is 36.4 Å². The molecule has 6 rings (SSSR count). The summed E-state index contributed by atoms with van der Waals surface area (Å²) in [5.41, 5.74) is 5.60. The van der Waals surface area contributed by atoms with E-state index < -0.39 is 12.1 Å². The lowest BCUT2D eigenvalue weighted by atomic mass is 9.80.